The molecule has 0 bridgehead atoms. The number of nitrogens with zero attached hydrogens (tertiary/aromatic N) is 3. The van der Waals surface area contributed by atoms with Crippen LogP contribution in [0.4, 0.5) is 0 Å². The van der Waals surface area contributed by atoms with Crippen LogP contribution in [-0.4, -0.2) is 13.7 Å². The molecule has 0 radical (unpaired) electrons. The van der Waals surface area contributed by atoms with Crippen LogP contribution in [0.3, 0.4) is 0 Å². The number of fused-ring (bicyclic) bond motifs is 9. The summed E-state index contributed by atoms with van der Waals surface area (Å²) in [7, 11) is 0. The summed E-state index contributed by atoms with van der Waals surface area (Å²) in [5.41, 5.74) is -0.238. The van der Waals surface area contributed by atoms with Crippen LogP contribution in [0, 0.1) is 0 Å². The molecule has 0 spiro atoms. The maximum atomic E-state index is 10.2. The van der Waals surface area contributed by atoms with Gasteiger partial charge in [0.1, 0.15) is 0 Å². The third-order valence-electron chi connectivity index (χ3n) is 11.4. The Morgan fingerprint density at radius 3 is 1.38 bits per heavy atom. The molecule has 0 unspecified atom stereocenters. The van der Waals surface area contributed by atoms with Crippen LogP contribution in [0.5, 0.6) is 0 Å². The average molecular weight is 823 g/mol. The molecule has 10 aromatic carbocycles. The highest BCUT2D eigenvalue weighted by molar-refractivity contribution is 6.14. The van der Waals surface area contributed by atoms with Crippen LogP contribution < -0.4 is 0 Å². The molecule has 0 aliphatic carbocycles. The minimum Gasteiger partial charge on any atom is -0.309 e. The third-order valence-corrected chi connectivity index (χ3v) is 11.4. The van der Waals surface area contributed by atoms with Gasteiger partial charge in [0.25, 0.3) is 0 Å². The Bertz CT molecular complexity index is 5140. The Kier molecular flexibility index (Phi) is 4.57. The average Bonchev–Trinajstić information content (AvgIpc) is 1.56. The lowest BCUT2D eigenvalue weighted by Crippen LogP contribution is -1.98. The molecule has 13 aromatic rings. The molecule has 3 nitrogen and oxygen atoms in total. The van der Waals surface area contributed by atoms with Gasteiger partial charge in [-0.2, -0.15) is 0 Å². The second-order valence-corrected chi connectivity index (χ2v) is 14.9. The molecule has 0 aliphatic rings. The molecule has 3 aromatic heterocycles. The van der Waals surface area contributed by atoms with E-state index in [2.05, 4.69) is 0 Å². The molecule has 0 atom stereocenters. The highest BCUT2D eigenvalue weighted by atomic mass is 15.0. The van der Waals surface area contributed by atoms with Gasteiger partial charge in [-0.1, -0.05) is 157 Å². The molecule has 13 rings (SSSR count). The summed E-state index contributed by atoms with van der Waals surface area (Å²) < 4.78 is 202. The van der Waals surface area contributed by atoms with Crippen molar-refractivity contribution in [3.63, 3.8) is 0 Å². The maximum Gasteiger partial charge on any atom is 0.0652 e. The quantitative estimate of drug-likeness (QED) is 0.159. The first-order valence-electron chi connectivity index (χ1n) is 30.5. The Balaban J connectivity index is 1.17. The molecular weight excluding hydrogens is 763 g/mol. The molecule has 0 amide bonds. The molecule has 0 fully saturated rings. The van der Waals surface area contributed by atoms with E-state index in [1.807, 2.05) is 54.6 Å². The Labute approximate surface area is 394 Å². The molecule has 63 heavy (non-hydrogen) atoms. The van der Waals surface area contributed by atoms with Crippen molar-refractivity contribution in [3.8, 4) is 50.4 Å². The van der Waals surface area contributed by atoms with Gasteiger partial charge in [0, 0.05) is 49.3 Å². The normalized spacial score (nSPS) is 16.5. The lowest BCUT2D eigenvalue weighted by Gasteiger charge is -2.14. The highest BCUT2D eigenvalue weighted by Crippen LogP contribution is 2.41. The molecule has 0 N–H and O–H groups in total. The van der Waals surface area contributed by atoms with E-state index in [4.69, 9.17) is 8.22 Å². The van der Waals surface area contributed by atoms with Gasteiger partial charge in [0.15, 0.2) is 0 Å². The van der Waals surface area contributed by atoms with Gasteiger partial charge in [-0.25, -0.2) is 0 Å². The largest absolute Gasteiger partial charge is 0.309 e. The lowest BCUT2D eigenvalue weighted by atomic mass is 10.0. The summed E-state index contributed by atoms with van der Waals surface area (Å²) in [5.74, 6) is 0. The Hall–Kier alpha value is -8.40. The summed E-state index contributed by atoms with van der Waals surface area (Å²) in [5, 5.41) is -1.93. The van der Waals surface area contributed by atoms with Crippen molar-refractivity contribution in [2.45, 2.75) is 0 Å². The molecule has 0 saturated heterocycles. The third kappa shape index (κ3) is 5.53. The number of aromatic nitrogens is 3. The molecule has 0 aliphatic heterocycles. The first-order valence-corrected chi connectivity index (χ1v) is 20.0. The maximum absolute atomic E-state index is 10.2. The van der Waals surface area contributed by atoms with Crippen molar-refractivity contribution >= 4 is 65.4 Å². The standard InChI is InChI=1S/C60H39N3/c1-3-16-40(17-4-1)42-20-15-21-45(36-42)61-55-27-12-8-23-48(55)51-37-43(30-33-58(51)61)44-31-34-59-52(38-44)49-24-9-13-28-56(49)62(59)46-32-35-60-53(39-46)50-25-10-14-29-57(50)63(60)54-26-11-7-22-47(54)41-18-5-2-6-19-41/h1-39H/i8D,9D,10D,12D,13D,14D,23D,24D,25D,27D,28D,29D,30D,31D,32D,33D,34D,35D,37D,38D,39D. The zero-order valence-corrected chi connectivity index (χ0v) is 32.7. The summed E-state index contributed by atoms with van der Waals surface area (Å²) in [6.07, 6.45) is 0. The van der Waals surface area contributed by atoms with Crippen LogP contribution >= 0.6 is 0 Å². The topological polar surface area (TPSA) is 14.8 Å². The van der Waals surface area contributed by atoms with Gasteiger partial charge >= 0.3 is 0 Å². The summed E-state index contributed by atoms with van der Waals surface area (Å²) in [6.45, 7) is 0. The van der Waals surface area contributed by atoms with Gasteiger partial charge in [0.05, 0.1) is 67.6 Å². The van der Waals surface area contributed by atoms with E-state index in [1.54, 1.807) is 54.6 Å². The second-order valence-electron chi connectivity index (χ2n) is 14.9. The van der Waals surface area contributed by atoms with Crippen LogP contribution in [0.2, 0.25) is 0 Å². The minimum absolute atomic E-state index is 0.144. The molecule has 3 heterocycles. The Morgan fingerprint density at radius 1 is 0.286 bits per heavy atom. The monoisotopic (exact) mass is 822 g/mol. The van der Waals surface area contributed by atoms with E-state index in [-0.39, 0.29) is 43.6 Å². The lowest BCUT2D eigenvalue weighted by molar-refractivity contribution is 1.17. The highest BCUT2D eigenvalue weighted by Gasteiger charge is 2.19. The first-order chi connectivity index (χ1) is 40.0. The number of benzene rings is 10. The SMILES string of the molecule is [2H]c1c([2H])c([2H])c2c(c1[2H])c1c([2H])c(-c3c([2H])c([2H])c4c(c3[2H])c3c([2H])c([2H])c([2H])c([2H])c3n4-c3c([2H])c([2H])c4c(c3[2H])c3c([2H])c([2H])c([2H])c([2H])c3n4-c3ccccc3-c3ccccc3)c([2H])c([2H])c1n2-c1cccc(-c2ccccc2)c1. The zero-order chi connectivity index (χ0) is 59.7. The zero-order valence-electron chi connectivity index (χ0n) is 53.7. The van der Waals surface area contributed by atoms with Crippen molar-refractivity contribution in [1.82, 2.24) is 13.7 Å². The number of rotatable bonds is 6. The molecular formula is C60H39N3. The second kappa shape index (κ2) is 14.1. The van der Waals surface area contributed by atoms with Gasteiger partial charge < -0.3 is 13.7 Å². The fraction of sp³-hybridized carbons (Fsp3) is 0. The van der Waals surface area contributed by atoms with E-state index >= 15 is 0 Å². The fourth-order valence-electron chi connectivity index (χ4n) is 8.60. The van der Waals surface area contributed by atoms with Crippen LogP contribution in [0.15, 0.2) is 236 Å². The predicted octanol–water partition coefficient (Wildman–Crippen LogP) is 16.0. The van der Waals surface area contributed by atoms with Gasteiger partial charge in [-0.05, 0) is 106 Å². The van der Waals surface area contributed by atoms with Crippen LogP contribution in [0.25, 0.3) is 116 Å². The Morgan fingerprint density at radius 2 is 0.746 bits per heavy atom. The van der Waals surface area contributed by atoms with Crippen molar-refractivity contribution in [1.29, 1.82) is 0 Å². The van der Waals surface area contributed by atoms with Crippen LogP contribution in [0.1, 0.15) is 28.8 Å². The molecule has 294 valence electrons. The summed E-state index contributed by atoms with van der Waals surface area (Å²) >= 11 is 0. The number of hydrogen-bond donors (Lipinski definition) is 0. The summed E-state index contributed by atoms with van der Waals surface area (Å²) in [4.78, 5) is 0. The molecule has 0 saturated carbocycles. The number of para-hydroxylation sites is 4. The van der Waals surface area contributed by atoms with Gasteiger partial charge in [0.2, 0.25) is 0 Å². The van der Waals surface area contributed by atoms with Gasteiger partial charge in [-0.3, -0.25) is 0 Å². The minimum atomic E-state index is -0.887. The summed E-state index contributed by atoms with van der Waals surface area (Å²) in [6, 6.07) is 17.2. The fourth-order valence-corrected chi connectivity index (χ4v) is 8.60. The van der Waals surface area contributed by atoms with Crippen molar-refractivity contribution in [3.05, 3.63) is 236 Å². The van der Waals surface area contributed by atoms with Crippen LogP contribution in [-0.2, 0) is 0 Å². The molecule has 3 heteroatoms. The van der Waals surface area contributed by atoms with E-state index in [9.17, 15) is 20.6 Å². The van der Waals surface area contributed by atoms with E-state index in [1.165, 1.54) is 9.13 Å². The van der Waals surface area contributed by atoms with Crippen molar-refractivity contribution in [2.75, 3.05) is 0 Å². The first kappa shape index (κ1) is 20.4. The van der Waals surface area contributed by atoms with E-state index < -0.39 is 166 Å². The van der Waals surface area contributed by atoms with Crippen molar-refractivity contribution in [2.24, 2.45) is 0 Å². The van der Waals surface area contributed by atoms with E-state index in [0.29, 0.717) is 28.1 Å². The van der Waals surface area contributed by atoms with Crippen molar-refractivity contribution < 1.29 is 28.8 Å². The van der Waals surface area contributed by atoms with E-state index in [0.717, 1.165) is 10.1 Å². The predicted molar refractivity (Wildman–Crippen MR) is 266 cm³/mol. The number of hydrogen-bond acceptors (Lipinski definition) is 0. The smallest absolute Gasteiger partial charge is 0.0652 e. The van der Waals surface area contributed by atoms with Gasteiger partial charge in [-0.15, -0.1) is 0 Å².